The summed E-state index contributed by atoms with van der Waals surface area (Å²) in [6, 6.07) is 14.2. The highest BCUT2D eigenvalue weighted by Gasteiger charge is 2.29. The van der Waals surface area contributed by atoms with E-state index in [0.29, 0.717) is 23.8 Å². The number of cyclic esters (lactones) is 1. The first-order valence-corrected chi connectivity index (χ1v) is 8.20. The van der Waals surface area contributed by atoms with Crippen molar-refractivity contribution in [2.45, 2.75) is 12.6 Å². The van der Waals surface area contributed by atoms with Gasteiger partial charge in [-0.3, -0.25) is 0 Å². The molecule has 3 rings (SSSR count). The molecule has 2 N–H and O–H groups in total. The Balaban J connectivity index is 1.51. The molecule has 0 saturated carbocycles. The van der Waals surface area contributed by atoms with Crippen LogP contribution in [-0.4, -0.2) is 30.6 Å². The monoisotopic (exact) mass is 359 g/mol. The zero-order valence-corrected chi connectivity index (χ0v) is 14.4. The fraction of sp³-hybridized carbons (Fsp3) is 0.222. The van der Waals surface area contributed by atoms with Crippen LogP contribution < -0.4 is 10.6 Å². The van der Waals surface area contributed by atoms with Gasteiger partial charge in [0.2, 0.25) is 0 Å². The maximum atomic E-state index is 12.0. The Bertz CT molecular complexity index is 762. The number of carbonyl (C=O) groups is 2. The normalized spacial score (nSPS) is 16.5. The van der Waals surface area contributed by atoms with Crippen LogP contribution in [0, 0.1) is 0 Å². The Labute approximate surface area is 150 Å². The Morgan fingerprint density at radius 3 is 2.48 bits per heavy atom. The van der Waals surface area contributed by atoms with Crippen LogP contribution in [0.4, 0.5) is 15.3 Å². The molecule has 1 aliphatic heterocycles. The smallest absolute Gasteiger partial charge is 0.410 e. The van der Waals surface area contributed by atoms with E-state index in [1.807, 2.05) is 24.3 Å². The summed E-state index contributed by atoms with van der Waals surface area (Å²) in [5.41, 5.74) is 2.52. The predicted octanol–water partition coefficient (Wildman–Crippen LogP) is 3.78. The number of hydrogen-bond acceptors (Lipinski definition) is 3. The predicted molar refractivity (Wildman–Crippen MR) is 95.6 cm³/mol. The van der Waals surface area contributed by atoms with Crippen molar-refractivity contribution in [2.24, 2.45) is 0 Å². The number of benzene rings is 2. The molecule has 0 bridgehead atoms. The molecule has 2 aromatic rings. The minimum atomic E-state index is -0.325. The van der Waals surface area contributed by atoms with E-state index in [-0.39, 0.29) is 18.2 Å². The van der Waals surface area contributed by atoms with Crippen LogP contribution in [0.5, 0.6) is 0 Å². The standard InChI is InChI=1S/C18H18ClN3O3/c1-22-11-16(25-18(22)24)13-4-8-15(9-5-13)21-17(23)20-10-12-2-6-14(19)7-3-12/h2-9,16H,10-11H2,1H3,(H2,20,21,23)/t16-/m1/s1. The molecule has 1 atom stereocenters. The average molecular weight is 360 g/mol. The van der Waals surface area contributed by atoms with Crippen molar-refractivity contribution in [3.05, 3.63) is 64.7 Å². The molecule has 3 amide bonds. The molecular formula is C18H18ClN3O3. The van der Waals surface area contributed by atoms with Gasteiger partial charge in [-0.1, -0.05) is 35.9 Å². The highest BCUT2D eigenvalue weighted by Crippen LogP contribution is 2.26. The zero-order valence-electron chi connectivity index (χ0n) is 13.7. The average Bonchev–Trinajstić information content (AvgIpc) is 2.94. The number of hydrogen-bond donors (Lipinski definition) is 2. The van der Waals surface area contributed by atoms with Gasteiger partial charge in [0.05, 0.1) is 6.54 Å². The van der Waals surface area contributed by atoms with Crippen molar-refractivity contribution in [2.75, 3.05) is 18.9 Å². The lowest BCUT2D eigenvalue weighted by molar-refractivity contribution is 0.135. The molecule has 6 nitrogen and oxygen atoms in total. The fourth-order valence-corrected chi connectivity index (χ4v) is 2.61. The van der Waals surface area contributed by atoms with E-state index in [1.54, 1.807) is 31.3 Å². The molecular weight excluding hydrogens is 342 g/mol. The fourth-order valence-electron chi connectivity index (χ4n) is 2.49. The molecule has 1 saturated heterocycles. The molecule has 7 heteroatoms. The van der Waals surface area contributed by atoms with Crippen LogP contribution in [0.15, 0.2) is 48.5 Å². The van der Waals surface area contributed by atoms with Gasteiger partial charge in [-0.05, 0) is 35.4 Å². The van der Waals surface area contributed by atoms with Gasteiger partial charge in [-0.15, -0.1) is 0 Å². The van der Waals surface area contributed by atoms with Crippen molar-refractivity contribution >= 4 is 29.4 Å². The number of likely N-dealkylation sites (N-methyl/N-ethyl adjacent to an activating group) is 1. The maximum absolute atomic E-state index is 12.0. The second-order valence-electron chi connectivity index (χ2n) is 5.81. The summed E-state index contributed by atoms with van der Waals surface area (Å²) in [5, 5.41) is 6.20. The third-order valence-corrected chi connectivity index (χ3v) is 4.15. The summed E-state index contributed by atoms with van der Waals surface area (Å²) < 4.78 is 5.25. The maximum Gasteiger partial charge on any atom is 0.410 e. The van der Waals surface area contributed by atoms with Gasteiger partial charge in [0, 0.05) is 24.3 Å². The molecule has 1 heterocycles. The number of nitrogens with zero attached hydrogens (tertiary/aromatic N) is 1. The molecule has 1 fully saturated rings. The second-order valence-corrected chi connectivity index (χ2v) is 6.25. The summed E-state index contributed by atoms with van der Waals surface area (Å²) in [6.07, 6.45) is -0.598. The van der Waals surface area contributed by atoms with E-state index in [4.69, 9.17) is 16.3 Å². The van der Waals surface area contributed by atoms with Gasteiger partial charge in [0.25, 0.3) is 0 Å². The van der Waals surface area contributed by atoms with Gasteiger partial charge < -0.3 is 20.3 Å². The summed E-state index contributed by atoms with van der Waals surface area (Å²) in [7, 11) is 1.70. The number of rotatable bonds is 4. The quantitative estimate of drug-likeness (QED) is 0.872. The minimum Gasteiger partial charge on any atom is -0.439 e. The molecule has 2 aromatic carbocycles. The Kier molecular flexibility index (Phi) is 5.09. The number of nitrogens with one attached hydrogen (secondary N) is 2. The highest BCUT2D eigenvalue weighted by atomic mass is 35.5. The van der Waals surface area contributed by atoms with Crippen molar-refractivity contribution in [3.8, 4) is 0 Å². The topological polar surface area (TPSA) is 70.7 Å². The van der Waals surface area contributed by atoms with Gasteiger partial charge in [0.15, 0.2) is 0 Å². The van der Waals surface area contributed by atoms with Crippen LogP contribution in [0.1, 0.15) is 17.2 Å². The molecule has 0 aromatic heterocycles. The van der Waals surface area contributed by atoms with E-state index in [0.717, 1.165) is 11.1 Å². The number of carbonyl (C=O) groups excluding carboxylic acids is 2. The molecule has 0 spiro atoms. The molecule has 130 valence electrons. The third-order valence-electron chi connectivity index (χ3n) is 3.90. The highest BCUT2D eigenvalue weighted by molar-refractivity contribution is 6.30. The SMILES string of the molecule is CN1C[C@H](c2ccc(NC(=O)NCc3ccc(Cl)cc3)cc2)OC1=O. The first-order valence-electron chi connectivity index (χ1n) is 7.82. The Hall–Kier alpha value is -2.73. The first-order chi connectivity index (χ1) is 12.0. The van der Waals surface area contributed by atoms with Crippen LogP contribution in [0.3, 0.4) is 0 Å². The molecule has 0 radical (unpaired) electrons. The van der Waals surface area contributed by atoms with Gasteiger partial charge in [-0.25, -0.2) is 9.59 Å². The molecule has 0 aliphatic carbocycles. The second kappa shape index (κ2) is 7.44. The number of urea groups is 1. The van der Waals surface area contributed by atoms with Crippen LogP contribution in [0.2, 0.25) is 5.02 Å². The largest absolute Gasteiger partial charge is 0.439 e. The van der Waals surface area contributed by atoms with Crippen molar-refractivity contribution in [1.29, 1.82) is 0 Å². The molecule has 0 unspecified atom stereocenters. The molecule has 25 heavy (non-hydrogen) atoms. The minimum absolute atomic E-state index is 0.273. The van der Waals surface area contributed by atoms with E-state index in [1.165, 1.54) is 4.90 Å². The van der Waals surface area contributed by atoms with E-state index < -0.39 is 0 Å². The van der Waals surface area contributed by atoms with Gasteiger partial charge >= 0.3 is 12.1 Å². The lowest BCUT2D eigenvalue weighted by atomic mass is 10.1. The summed E-state index contributed by atoms with van der Waals surface area (Å²) in [6.45, 7) is 0.929. The van der Waals surface area contributed by atoms with Crippen LogP contribution in [-0.2, 0) is 11.3 Å². The van der Waals surface area contributed by atoms with E-state index >= 15 is 0 Å². The summed E-state index contributed by atoms with van der Waals surface area (Å²) in [4.78, 5) is 24.9. The summed E-state index contributed by atoms with van der Waals surface area (Å²) >= 11 is 5.83. The lowest BCUT2D eigenvalue weighted by Gasteiger charge is -2.11. The molecule has 1 aliphatic rings. The van der Waals surface area contributed by atoms with Gasteiger partial charge in [0.1, 0.15) is 6.10 Å². The number of ether oxygens (including phenoxy) is 1. The van der Waals surface area contributed by atoms with Crippen molar-refractivity contribution < 1.29 is 14.3 Å². The Morgan fingerprint density at radius 2 is 1.88 bits per heavy atom. The van der Waals surface area contributed by atoms with Crippen LogP contribution >= 0.6 is 11.6 Å². The number of amides is 3. The lowest BCUT2D eigenvalue weighted by Crippen LogP contribution is -2.28. The number of halogens is 1. The van der Waals surface area contributed by atoms with Crippen molar-refractivity contribution in [3.63, 3.8) is 0 Å². The van der Waals surface area contributed by atoms with E-state index in [2.05, 4.69) is 10.6 Å². The van der Waals surface area contributed by atoms with Crippen LogP contribution in [0.25, 0.3) is 0 Å². The van der Waals surface area contributed by atoms with Crippen molar-refractivity contribution in [1.82, 2.24) is 10.2 Å². The van der Waals surface area contributed by atoms with E-state index in [9.17, 15) is 9.59 Å². The van der Waals surface area contributed by atoms with Gasteiger partial charge in [-0.2, -0.15) is 0 Å². The number of anilines is 1. The zero-order chi connectivity index (χ0) is 17.8. The summed E-state index contributed by atoms with van der Waals surface area (Å²) in [5.74, 6) is 0. The Morgan fingerprint density at radius 1 is 1.20 bits per heavy atom. The first kappa shape index (κ1) is 17.1. The third kappa shape index (κ3) is 4.42.